The molecule has 114 valence electrons. The fraction of sp³-hybridized carbons (Fsp3) is 0.200. The van der Waals surface area contributed by atoms with Crippen molar-refractivity contribution < 1.29 is 4.57 Å². The Morgan fingerprint density at radius 2 is 1.87 bits per heavy atom. The van der Waals surface area contributed by atoms with Gasteiger partial charge in [-0.3, -0.25) is 4.98 Å². The molecule has 0 aliphatic carbocycles. The summed E-state index contributed by atoms with van der Waals surface area (Å²) in [4.78, 5) is 4.31. The number of thiophene rings is 1. The first kappa shape index (κ1) is 14.3. The number of hydrogen-bond acceptors (Lipinski definition) is 2. The average molecular weight is 319 g/mol. The Bertz CT molecular complexity index is 1060. The molecule has 0 aliphatic heterocycles. The van der Waals surface area contributed by atoms with Crippen LogP contribution in [0, 0.1) is 20.8 Å². The molecule has 3 heteroatoms. The summed E-state index contributed by atoms with van der Waals surface area (Å²) < 4.78 is 4.88. The second-order valence-electron chi connectivity index (χ2n) is 6.25. The van der Waals surface area contributed by atoms with E-state index < -0.39 is 0 Å². The minimum atomic E-state index is 1.25. The van der Waals surface area contributed by atoms with Crippen LogP contribution in [0.3, 0.4) is 0 Å². The van der Waals surface area contributed by atoms with Gasteiger partial charge in [0.05, 0.1) is 5.56 Å². The molecule has 0 unspecified atom stereocenters. The molecule has 0 aliphatic rings. The first-order chi connectivity index (χ1) is 11.1. The Morgan fingerprint density at radius 3 is 2.70 bits per heavy atom. The smallest absolute Gasteiger partial charge is 0.230 e. The van der Waals surface area contributed by atoms with E-state index in [0.717, 1.165) is 0 Å². The molecule has 0 fully saturated rings. The lowest BCUT2D eigenvalue weighted by Crippen LogP contribution is -2.30. The van der Waals surface area contributed by atoms with Crippen molar-refractivity contribution in [3.8, 4) is 11.3 Å². The van der Waals surface area contributed by atoms with Crippen molar-refractivity contribution >= 4 is 31.5 Å². The molecule has 0 saturated heterocycles. The lowest BCUT2D eigenvalue weighted by Gasteiger charge is -2.10. The molecule has 1 aromatic carbocycles. The van der Waals surface area contributed by atoms with Gasteiger partial charge in [0, 0.05) is 33.9 Å². The van der Waals surface area contributed by atoms with Gasteiger partial charge < -0.3 is 0 Å². The molecule has 4 rings (SSSR count). The number of hydrogen-bond donors (Lipinski definition) is 0. The van der Waals surface area contributed by atoms with Crippen LogP contribution in [-0.2, 0) is 7.05 Å². The lowest BCUT2D eigenvalue weighted by atomic mass is 9.97. The van der Waals surface area contributed by atoms with E-state index in [4.69, 9.17) is 0 Å². The normalized spacial score (nSPS) is 11.5. The van der Waals surface area contributed by atoms with Crippen molar-refractivity contribution in [3.05, 3.63) is 59.5 Å². The maximum atomic E-state index is 4.31. The third-order valence-electron chi connectivity index (χ3n) is 4.63. The van der Waals surface area contributed by atoms with Gasteiger partial charge in [0.1, 0.15) is 11.7 Å². The maximum absolute atomic E-state index is 4.31. The summed E-state index contributed by atoms with van der Waals surface area (Å²) in [5.74, 6) is 0. The molecule has 0 amide bonds. The highest BCUT2D eigenvalue weighted by atomic mass is 32.1. The summed E-state index contributed by atoms with van der Waals surface area (Å²) in [6, 6.07) is 8.88. The zero-order valence-electron chi connectivity index (χ0n) is 13.8. The van der Waals surface area contributed by atoms with E-state index >= 15 is 0 Å². The van der Waals surface area contributed by atoms with Gasteiger partial charge in [-0.1, -0.05) is 11.6 Å². The summed E-state index contributed by atoms with van der Waals surface area (Å²) in [5, 5.41) is 2.54. The van der Waals surface area contributed by atoms with Crippen LogP contribution in [0.5, 0.6) is 0 Å². The van der Waals surface area contributed by atoms with Crippen molar-refractivity contribution in [1.29, 1.82) is 0 Å². The summed E-state index contributed by atoms with van der Waals surface area (Å²) >= 11 is 1.86. The van der Waals surface area contributed by atoms with Gasteiger partial charge in [0.2, 0.25) is 5.69 Å². The minimum absolute atomic E-state index is 1.25. The number of aryl methyl sites for hydroxylation is 3. The Morgan fingerprint density at radius 1 is 1.04 bits per heavy atom. The van der Waals surface area contributed by atoms with Gasteiger partial charge in [0.25, 0.3) is 0 Å². The average Bonchev–Trinajstić information content (AvgIpc) is 2.89. The highest BCUT2D eigenvalue weighted by Gasteiger charge is 2.21. The van der Waals surface area contributed by atoms with Crippen LogP contribution < -0.4 is 4.57 Å². The van der Waals surface area contributed by atoms with Gasteiger partial charge in [-0.05, 0) is 44.0 Å². The molecular weight excluding hydrogens is 300 g/mol. The minimum Gasteiger partial charge on any atom is -0.264 e. The van der Waals surface area contributed by atoms with Gasteiger partial charge >= 0.3 is 0 Å². The molecule has 0 bridgehead atoms. The van der Waals surface area contributed by atoms with E-state index in [-0.39, 0.29) is 0 Å². The van der Waals surface area contributed by atoms with Crippen LogP contribution in [0.25, 0.3) is 31.4 Å². The van der Waals surface area contributed by atoms with Crippen molar-refractivity contribution in [2.45, 2.75) is 20.8 Å². The number of pyridine rings is 2. The first-order valence-corrected chi connectivity index (χ1v) is 8.61. The zero-order chi connectivity index (χ0) is 16.1. The van der Waals surface area contributed by atoms with Crippen LogP contribution in [-0.4, -0.2) is 4.98 Å². The molecule has 0 atom stereocenters. The predicted octanol–water partition coefficient (Wildman–Crippen LogP) is 4.87. The number of aromatic nitrogens is 2. The number of rotatable bonds is 1. The van der Waals surface area contributed by atoms with Crippen molar-refractivity contribution in [2.75, 3.05) is 0 Å². The lowest BCUT2D eigenvalue weighted by molar-refractivity contribution is -0.659. The largest absolute Gasteiger partial charge is 0.264 e. The Labute approximate surface area is 140 Å². The van der Waals surface area contributed by atoms with Gasteiger partial charge in [-0.2, -0.15) is 4.57 Å². The number of benzene rings is 1. The van der Waals surface area contributed by atoms with Crippen LogP contribution in [0.4, 0.5) is 0 Å². The Hall–Kier alpha value is -2.26. The van der Waals surface area contributed by atoms with E-state index in [0.29, 0.717) is 0 Å². The third-order valence-corrected chi connectivity index (χ3v) is 5.82. The van der Waals surface area contributed by atoms with E-state index in [1.807, 2.05) is 23.7 Å². The number of nitrogens with zero attached hydrogens (tertiary/aromatic N) is 2. The van der Waals surface area contributed by atoms with E-state index in [1.54, 1.807) is 0 Å². The molecule has 4 aromatic rings. The second kappa shape index (κ2) is 5.14. The predicted molar refractivity (Wildman–Crippen MR) is 97.9 cm³/mol. The Kier molecular flexibility index (Phi) is 3.20. The summed E-state index contributed by atoms with van der Waals surface area (Å²) in [6.45, 7) is 6.59. The quantitative estimate of drug-likeness (QED) is 0.458. The molecule has 0 radical (unpaired) electrons. The zero-order valence-corrected chi connectivity index (χ0v) is 14.7. The Balaban J connectivity index is 2.17. The van der Waals surface area contributed by atoms with E-state index in [1.165, 1.54) is 48.1 Å². The monoisotopic (exact) mass is 319 g/mol. The molecule has 2 nitrogen and oxygen atoms in total. The fourth-order valence-electron chi connectivity index (χ4n) is 3.32. The highest BCUT2D eigenvalue weighted by Crippen LogP contribution is 2.38. The van der Waals surface area contributed by atoms with Crippen LogP contribution in [0.15, 0.2) is 42.9 Å². The highest BCUT2D eigenvalue weighted by molar-refractivity contribution is 7.26. The second-order valence-corrected chi connectivity index (χ2v) is 7.30. The van der Waals surface area contributed by atoms with Gasteiger partial charge in [0.15, 0.2) is 6.20 Å². The van der Waals surface area contributed by atoms with Crippen LogP contribution >= 0.6 is 11.3 Å². The van der Waals surface area contributed by atoms with Crippen molar-refractivity contribution in [1.82, 2.24) is 4.98 Å². The first-order valence-electron chi connectivity index (χ1n) is 7.79. The van der Waals surface area contributed by atoms with Crippen LogP contribution in [0.2, 0.25) is 0 Å². The molecule has 0 N–H and O–H groups in total. The van der Waals surface area contributed by atoms with E-state index in [2.05, 4.69) is 67.8 Å². The summed E-state index contributed by atoms with van der Waals surface area (Å²) in [6.07, 6.45) is 6.01. The molecule has 0 saturated carbocycles. The van der Waals surface area contributed by atoms with E-state index in [9.17, 15) is 0 Å². The topological polar surface area (TPSA) is 16.8 Å². The SMILES string of the molecule is Cc1cc(C)c(C)c(-c2c3sc4ccncc4c3cc[n+]2C)c1. The molecule has 0 spiro atoms. The molecular formula is C20H19N2S+. The van der Waals surface area contributed by atoms with Gasteiger partial charge in [-0.15, -0.1) is 11.3 Å². The van der Waals surface area contributed by atoms with Crippen molar-refractivity contribution in [2.24, 2.45) is 7.05 Å². The van der Waals surface area contributed by atoms with Crippen molar-refractivity contribution in [3.63, 3.8) is 0 Å². The molecule has 3 heterocycles. The standard InChI is InChI=1S/C20H19N2S/c1-12-9-13(2)14(3)16(10-12)19-20-15(6-8-22(19)4)17-11-21-7-5-18(17)23-20/h5-11H,1-4H3/q+1. The van der Waals surface area contributed by atoms with Gasteiger partial charge in [-0.25, -0.2) is 0 Å². The molecule has 23 heavy (non-hydrogen) atoms. The number of fused-ring (bicyclic) bond motifs is 3. The summed E-state index contributed by atoms with van der Waals surface area (Å²) in [7, 11) is 2.13. The van der Waals surface area contributed by atoms with Crippen LogP contribution in [0.1, 0.15) is 16.7 Å². The fourth-order valence-corrected chi connectivity index (χ4v) is 4.58. The summed E-state index contributed by atoms with van der Waals surface area (Å²) in [5.41, 5.74) is 6.64. The molecule has 3 aromatic heterocycles. The maximum Gasteiger partial charge on any atom is 0.230 e. The third kappa shape index (κ3) is 2.15.